The van der Waals surface area contributed by atoms with Crippen molar-refractivity contribution in [1.82, 2.24) is 9.97 Å². The summed E-state index contributed by atoms with van der Waals surface area (Å²) in [5.41, 5.74) is 0.255. The van der Waals surface area contributed by atoms with Crippen molar-refractivity contribution in [2.24, 2.45) is 0 Å². The molecule has 0 bridgehead atoms. The molecule has 0 aromatic carbocycles. The number of nitrogens with zero attached hydrogens (tertiary/aromatic N) is 2. The van der Waals surface area contributed by atoms with Crippen LogP contribution in [0.2, 0.25) is 0 Å². The average molecular weight is 231 g/mol. The van der Waals surface area contributed by atoms with Gasteiger partial charge < -0.3 is 4.74 Å². The van der Waals surface area contributed by atoms with Crippen LogP contribution in [0, 0.1) is 6.92 Å². The first-order valence-electron chi connectivity index (χ1n) is 3.22. The molecule has 5 heteroatoms. The summed E-state index contributed by atoms with van der Waals surface area (Å²) in [5, 5.41) is 0. The van der Waals surface area contributed by atoms with Crippen LogP contribution in [0.5, 0.6) is 0 Å². The van der Waals surface area contributed by atoms with E-state index in [9.17, 15) is 4.79 Å². The minimum Gasteiger partial charge on any atom is -0.464 e. The standard InChI is InChI=1S/C7H7BrN2O2/c1-4-9-3-5(8)6(10-4)7(11)12-2/h3H,1-2H3. The summed E-state index contributed by atoms with van der Waals surface area (Å²) in [6.07, 6.45) is 1.52. The van der Waals surface area contributed by atoms with Crippen molar-refractivity contribution in [3.05, 3.63) is 22.2 Å². The lowest BCUT2D eigenvalue weighted by Gasteiger charge is -2.00. The number of carbonyl (C=O) groups excluding carboxylic acids is 1. The average Bonchev–Trinajstić information content (AvgIpc) is 2.08. The van der Waals surface area contributed by atoms with Crippen molar-refractivity contribution in [2.75, 3.05) is 7.11 Å². The molecule has 0 radical (unpaired) electrons. The molecule has 4 nitrogen and oxygen atoms in total. The van der Waals surface area contributed by atoms with E-state index >= 15 is 0 Å². The summed E-state index contributed by atoms with van der Waals surface area (Å²) >= 11 is 3.15. The van der Waals surface area contributed by atoms with Crippen LogP contribution in [-0.2, 0) is 4.74 Å². The third-order valence-electron chi connectivity index (χ3n) is 1.24. The largest absolute Gasteiger partial charge is 0.464 e. The number of aromatic nitrogens is 2. The monoisotopic (exact) mass is 230 g/mol. The Kier molecular flexibility index (Phi) is 2.75. The highest BCUT2D eigenvalue weighted by Gasteiger charge is 2.12. The fourth-order valence-corrected chi connectivity index (χ4v) is 1.05. The lowest BCUT2D eigenvalue weighted by atomic mass is 10.4. The molecular formula is C7H7BrN2O2. The maximum absolute atomic E-state index is 11.0. The Morgan fingerprint density at radius 1 is 1.67 bits per heavy atom. The van der Waals surface area contributed by atoms with Crippen LogP contribution in [0.25, 0.3) is 0 Å². The van der Waals surface area contributed by atoms with E-state index in [4.69, 9.17) is 0 Å². The van der Waals surface area contributed by atoms with Gasteiger partial charge in [-0.25, -0.2) is 14.8 Å². The van der Waals surface area contributed by atoms with Crippen molar-refractivity contribution in [2.45, 2.75) is 6.92 Å². The first-order chi connectivity index (χ1) is 5.65. The Morgan fingerprint density at radius 2 is 2.33 bits per heavy atom. The summed E-state index contributed by atoms with van der Waals surface area (Å²) in [4.78, 5) is 18.8. The normalized spacial score (nSPS) is 9.58. The molecule has 1 aromatic heterocycles. The van der Waals surface area contributed by atoms with Gasteiger partial charge in [0.05, 0.1) is 11.6 Å². The van der Waals surface area contributed by atoms with Gasteiger partial charge in [-0.15, -0.1) is 0 Å². The topological polar surface area (TPSA) is 52.1 Å². The van der Waals surface area contributed by atoms with Gasteiger partial charge in [-0.3, -0.25) is 0 Å². The molecule has 0 atom stereocenters. The van der Waals surface area contributed by atoms with Gasteiger partial charge >= 0.3 is 5.97 Å². The molecular weight excluding hydrogens is 224 g/mol. The van der Waals surface area contributed by atoms with Gasteiger partial charge in [0, 0.05) is 6.20 Å². The number of rotatable bonds is 1. The second-order valence-corrected chi connectivity index (χ2v) is 2.96. The van der Waals surface area contributed by atoms with E-state index in [1.807, 2.05) is 0 Å². The minimum absolute atomic E-state index is 0.255. The Hall–Kier alpha value is -0.970. The predicted molar refractivity (Wildman–Crippen MR) is 45.8 cm³/mol. The zero-order chi connectivity index (χ0) is 9.14. The number of halogens is 1. The first kappa shape index (κ1) is 9.12. The number of hydrogen-bond acceptors (Lipinski definition) is 4. The molecule has 0 aliphatic rings. The highest BCUT2D eigenvalue weighted by Crippen LogP contribution is 2.13. The Bertz CT molecular complexity index is 314. The maximum atomic E-state index is 11.0. The molecule has 0 spiro atoms. The number of hydrogen-bond donors (Lipinski definition) is 0. The van der Waals surface area contributed by atoms with E-state index in [0.29, 0.717) is 10.3 Å². The second-order valence-electron chi connectivity index (χ2n) is 2.11. The van der Waals surface area contributed by atoms with E-state index in [1.165, 1.54) is 13.3 Å². The van der Waals surface area contributed by atoms with Gasteiger partial charge in [-0.2, -0.15) is 0 Å². The molecule has 0 fully saturated rings. The van der Waals surface area contributed by atoms with E-state index in [0.717, 1.165) is 0 Å². The van der Waals surface area contributed by atoms with Gasteiger partial charge in [0.1, 0.15) is 5.82 Å². The quantitative estimate of drug-likeness (QED) is 0.684. The molecule has 0 aliphatic carbocycles. The summed E-state index contributed by atoms with van der Waals surface area (Å²) in [5.74, 6) is 0.0750. The lowest BCUT2D eigenvalue weighted by Crippen LogP contribution is -2.07. The number of esters is 1. The van der Waals surface area contributed by atoms with Crippen molar-refractivity contribution in [3.63, 3.8) is 0 Å². The third-order valence-corrected chi connectivity index (χ3v) is 1.82. The summed E-state index contributed by atoms with van der Waals surface area (Å²) < 4.78 is 5.05. The van der Waals surface area contributed by atoms with Crippen molar-refractivity contribution < 1.29 is 9.53 Å². The molecule has 1 heterocycles. The lowest BCUT2D eigenvalue weighted by molar-refractivity contribution is 0.0592. The zero-order valence-electron chi connectivity index (χ0n) is 6.67. The molecule has 0 unspecified atom stereocenters. The maximum Gasteiger partial charge on any atom is 0.357 e. The fourth-order valence-electron chi connectivity index (χ4n) is 0.695. The second kappa shape index (κ2) is 3.62. The van der Waals surface area contributed by atoms with Crippen LogP contribution in [-0.4, -0.2) is 23.0 Å². The number of ether oxygens (including phenoxy) is 1. The SMILES string of the molecule is COC(=O)c1nc(C)ncc1Br. The molecule has 0 aliphatic heterocycles. The van der Waals surface area contributed by atoms with Crippen LogP contribution in [0.15, 0.2) is 10.7 Å². The first-order valence-corrected chi connectivity index (χ1v) is 4.02. The van der Waals surface area contributed by atoms with Crippen LogP contribution >= 0.6 is 15.9 Å². The molecule has 0 saturated carbocycles. The highest BCUT2D eigenvalue weighted by molar-refractivity contribution is 9.10. The van der Waals surface area contributed by atoms with Crippen molar-refractivity contribution in [1.29, 1.82) is 0 Å². The van der Waals surface area contributed by atoms with Gasteiger partial charge in [-0.05, 0) is 22.9 Å². The van der Waals surface area contributed by atoms with Crippen molar-refractivity contribution in [3.8, 4) is 0 Å². The van der Waals surface area contributed by atoms with Gasteiger partial charge in [0.2, 0.25) is 0 Å². The number of methoxy groups -OCH3 is 1. The van der Waals surface area contributed by atoms with Crippen LogP contribution in [0.1, 0.15) is 16.3 Å². The number of carbonyl (C=O) groups is 1. The molecule has 0 amide bonds. The Balaban J connectivity index is 3.13. The van der Waals surface area contributed by atoms with Crippen LogP contribution in [0.4, 0.5) is 0 Å². The molecule has 0 N–H and O–H groups in total. The number of aryl methyl sites for hydroxylation is 1. The van der Waals surface area contributed by atoms with Gasteiger partial charge in [0.15, 0.2) is 5.69 Å². The van der Waals surface area contributed by atoms with E-state index < -0.39 is 5.97 Å². The molecule has 1 aromatic rings. The summed E-state index contributed by atoms with van der Waals surface area (Å²) in [6, 6.07) is 0. The summed E-state index contributed by atoms with van der Waals surface area (Å²) in [7, 11) is 1.31. The highest BCUT2D eigenvalue weighted by atomic mass is 79.9. The molecule has 0 saturated heterocycles. The van der Waals surface area contributed by atoms with E-state index in [-0.39, 0.29) is 5.69 Å². The van der Waals surface area contributed by atoms with E-state index in [2.05, 4.69) is 30.6 Å². The Labute approximate surface area is 78.1 Å². The smallest absolute Gasteiger partial charge is 0.357 e. The van der Waals surface area contributed by atoms with Crippen LogP contribution in [0.3, 0.4) is 0 Å². The van der Waals surface area contributed by atoms with Crippen molar-refractivity contribution >= 4 is 21.9 Å². The molecule has 1 rings (SSSR count). The third kappa shape index (κ3) is 1.79. The van der Waals surface area contributed by atoms with Gasteiger partial charge in [0.25, 0.3) is 0 Å². The van der Waals surface area contributed by atoms with Gasteiger partial charge in [-0.1, -0.05) is 0 Å². The minimum atomic E-state index is -0.465. The Morgan fingerprint density at radius 3 is 2.92 bits per heavy atom. The zero-order valence-corrected chi connectivity index (χ0v) is 8.25. The molecule has 12 heavy (non-hydrogen) atoms. The van der Waals surface area contributed by atoms with Crippen LogP contribution < -0.4 is 0 Å². The summed E-state index contributed by atoms with van der Waals surface area (Å²) in [6.45, 7) is 1.71. The van der Waals surface area contributed by atoms with E-state index in [1.54, 1.807) is 6.92 Å². The fraction of sp³-hybridized carbons (Fsp3) is 0.286. The molecule has 64 valence electrons. The predicted octanol–water partition coefficient (Wildman–Crippen LogP) is 1.33.